The second kappa shape index (κ2) is 9.16. The van der Waals surface area contributed by atoms with Crippen molar-refractivity contribution in [2.75, 3.05) is 12.3 Å². The molecule has 0 N–H and O–H groups in total. The molecule has 0 aliphatic carbocycles. The number of rotatable bonds is 4. The Labute approximate surface area is 196 Å². The van der Waals surface area contributed by atoms with Crippen LogP contribution in [0.1, 0.15) is 35.7 Å². The summed E-state index contributed by atoms with van der Waals surface area (Å²) in [4.78, 5) is 30.0. The Kier molecular flexibility index (Phi) is 6.11. The van der Waals surface area contributed by atoms with Gasteiger partial charge in [0.15, 0.2) is 9.54 Å². The van der Waals surface area contributed by atoms with Crippen molar-refractivity contribution in [2.24, 2.45) is 15.2 Å². The third-order valence-electron chi connectivity index (χ3n) is 5.13. The topological polar surface area (TPSA) is 77.7 Å². The van der Waals surface area contributed by atoms with Gasteiger partial charge >= 0.3 is 0 Å². The molecule has 7 nitrogen and oxygen atoms in total. The van der Waals surface area contributed by atoms with Gasteiger partial charge < -0.3 is 0 Å². The van der Waals surface area contributed by atoms with Gasteiger partial charge in [-0.25, -0.2) is 14.4 Å². The molecule has 5 rings (SSSR count). The van der Waals surface area contributed by atoms with Gasteiger partial charge in [-0.1, -0.05) is 30.0 Å². The molecule has 1 aromatic heterocycles. The zero-order valence-corrected chi connectivity index (χ0v) is 19.3. The Morgan fingerprint density at radius 1 is 1.22 bits per heavy atom. The first-order chi connectivity index (χ1) is 15.6. The Bertz CT molecular complexity index is 1130. The van der Waals surface area contributed by atoms with Crippen molar-refractivity contribution in [3.05, 3.63) is 58.0 Å². The van der Waals surface area contributed by atoms with Crippen molar-refractivity contribution in [3.63, 3.8) is 0 Å². The number of amidine groups is 1. The van der Waals surface area contributed by atoms with Gasteiger partial charge in [0.2, 0.25) is 5.91 Å². The molecule has 11 heteroatoms. The number of carbonyl (C=O) groups excluding carboxylic acids is 2. The minimum absolute atomic E-state index is 0.137. The maximum atomic E-state index is 13.4. The van der Waals surface area contributed by atoms with Gasteiger partial charge in [-0.05, 0) is 47.3 Å². The predicted octanol–water partition coefficient (Wildman–Crippen LogP) is 4.29. The summed E-state index contributed by atoms with van der Waals surface area (Å²) in [5.74, 6) is -0.453. The number of hydrogen-bond acceptors (Lipinski definition) is 8. The number of aliphatic imine (C=N–C) groups is 1. The molecule has 3 aliphatic heterocycles. The second-order valence-electron chi connectivity index (χ2n) is 7.31. The van der Waals surface area contributed by atoms with Crippen molar-refractivity contribution < 1.29 is 14.0 Å². The molecule has 32 heavy (non-hydrogen) atoms. The molecular weight excluding hydrogens is 469 g/mol. The Morgan fingerprint density at radius 2 is 2.06 bits per heavy atom. The molecule has 1 atom stereocenters. The van der Waals surface area contributed by atoms with Gasteiger partial charge in [0, 0.05) is 19.4 Å². The molecule has 164 valence electrons. The fraction of sp³-hybridized carbons (Fsp3) is 0.286. The number of halogens is 1. The number of fused-ring (bicyclic) bond motifs is 1. The average Bonchev–Trinajstić information content (AvgIpc) is 3.51. The molecule has 0 radical (unpaired) electrons. The van der Waals surface area contributed by atoms with E-state index in [9.17, 15) is 14.0 Å². The van der Waals surface area contributed by atoms with Crippen LogP contribution in [0, 0.1) is 5.82 Å². The summed E-state index contributed by atoms with van der Waals surface area (Å²) < 4.78 is 14.1. The van der Waals surface area contributed by atoms with Crippen LogP contribution in [0.3, 0.4) is 0 Å². The standard InChI is InChI=1S/C21H18FN5O2S3/c22-14-7-5-13(6-8-14)16-11-15(17-3-2-10-30-17)24-27(16)19(29)12-31-21-25-26-9-1-4-18(28)23-20(26)32-21/h2-3,5-8,10,16H,1,4,9,11-12H2. The van der Waals surface area contributed by atoms with Gasteiger partial charge in [-0.15, -0.1) is 11.3 Å². The molecule has 0 bridgehead atoms. The lowest BCUT2D eigenvalue weighted by atomic mass is 10.0. The van der Waals surface area contributed by atoms with Crippen LogP contribution in [0.5, 0.6) is 0 Å². The largest absolute Gasteiger partial charge is 0.273 e. The minimum Gasteiger partial charge on any atom is -0.273 e. The number of amides is 2. The summed E-state index contributed by atoms with van der Waals surface area (Å²) in [6, 6.07) is 9.87. The molecule has 2 amide bonds. The highest BCUT2D eigenvalue weighted by Gasteiger charge is 2.34. The van der Waals surface area contributed by atoms with E-state index < -0.39 is 0 Å². The van der Waals surface area contributed by atoms with E-state index in [0.29, 0.717) is 35.4 Å². The van der Waals surface area contributed by atoms with E-state index in [4.69, 9.17) is 0 Å². The molecule has 4 heterocycles. The first-order valence-electron chi connectivity index (χ1n) is 10.0. The number of benzene rings is 1. The van der Waals surface area contributed by atoms with E-state index in [0.717, 1.165) is 16.2 Å². The monoisotopic (exact) mass is 487 g/mol. The van der Waals surface area contributed by atoms with Crippen molar-refractivity contribution in [1.29, 1.82) is 0 Å². The number of thioether (sulfide) groups is 2. The van der Waals surface area contributed by atoms with Gasteiger partial charge in [-0.3, -0.25) is 9.59 Å². The van der Waals surface area contributed by atoms with Crippen LogP contribution in [0.15, 0.2) is 57.0 Å². The summed E-state index contributed by atoms with van der Waals surface area (Å²) in [5.41, 5.74) is 1.69. The normalized spacial score (nSPS) is 20.6. The molecule has 3 aliphatic rings. The zero-order chi connectivity index (χ0) is 22.1. The first-order valence-corrected chi connectivity index (χ1v) is 12.7. The van der Waals surface area contributed by atoms with Crippen LogP contribution in [-0.2, 0) is 9.59 Å². The molecule has 0 saturated carbocycles. The molecule has 2 aromatic rings. The van der Waals surface area contributed by atoms with Crippen molar-refractivity contribution >= 4 is 61.9 Å². The second-order valence-corrected chi connectivity index (χ2v) is 10.4. The van der Waals surface area contributed by atoms with Crippen molar-refractivity contribution in [2.45, 2.75) is 25.3 Å². The summed E-state index contributed by atoms with van der Waals surface area (Å²) in [6.45, 7) is 0.642. The van der Waals surface area contributed by atoms with E-state index in [2.05, 4.69) is 15.2 Å². The SMILES string of the molecule is O=C1CCCN2N=C(SCC(=O)N3N=C(c4cccs4)CC3c3ccc(F)cc3)SC2=N1. The number of hydrazone groups is 2. The predicted molar refractivity (Wildman–Crippen MR) is 127 cm³/mol. The number of carbonyl (C=O) groups is 2. The van der Waals surface area contributed by atoms with Crippen LogP contribution in [0.2, 0.25) is 0 Å². The Hall–Kier alpha value is -2.50. The third-order valence-corrected chi connectivity index (χ3v) is 8.11. The van der Waals surface area contributed by atoms with Crippen LogP contribution in [-0.4, -0.2) is 49.4 Å². The number of hydrogen-bond donors (Lipinski definition) is 0. The van der Waals surface area contributed by atoms with Crippen molar-refractivity contribution in [3.8, 4) is 0 Å². The molecule has 0 saturated heterocycles. The van der Waals surface area contributed by atoms with E-state index in [1.165, 1.54) is 40.7 Å². The Balaban J connectivity index is 1.31. The molecular formula is C21H18FN5O2S3. The van der Waals surface area contributed by atoms with Crippen LogP contribution >= 0.6 is 34.9 Å². The number of thiophene rings is 1. The fourth-order valence-electron chi connectivity index (χ4n) is 3.59. The van der Waals surface area contributed by atoms with Crippen LogP contribution < -0.4 is 0 Å². The summed E-state index contributed by atoms with van der Waals surface area (Å²) in [5, 5.41) is 14.9. The molecule has 0 spiro atoms. The van der Waals surface area contributed by atoms with E-state index in [-0.39, 0.29) is 29.4 Å². The zero-order valence-electron chi connectivity index (χ0n) is 16.8. The lowest BCUT2D eigenvalue weighted by Crippen LogP contribution is -2.28. The number of nitrogens with zero attached hydrogens (tertiary/aromatic N) is 5. The van der Waals surface area contributed by atoms with Gasteiger partial charge in [0.1, 0.15) is 5.82 Å². The quantitative estimate of drug-likeness (QED) is 0.643. The minimum atomic E-state index is -0.315. The van der Waals surface area contributed by atoms with Gasteiger partial charge in [-0.2, -0.15) is 15.2 Å². The summed E-state index contributed by atoms with van der Waals surface area (Å²) in [6.07, 6.45) is 1.71. The highest BCUT2D eigenvalue weighted by Crippen LogP contribution is 2.35. The van der Waals surface area contributed by atoms with E-state index in [1.807, 2.05) is 17.5 Å². The highest BCUT2D eigenvalue weighted by molar-refractivity contribution is 8.45. The molecule has 0 fully saturated rings. The first kappa shape index (κ1) is 21.4. The van der Waals surface area contributed by atoms with Crippen molar-refractivity contribution in [1.82, 2.24) is 10.0 Å². The van der Waals surface area contributed by atoms with Crippen LogP contribution in [0.4, 0.5) is 4.39 Å². The van der Waals surface area contributed by atoms with E-state index in [1.54, 1.807) is 28.5 Å². The smallest absolute Gasteiger partial charge is 0.253 e. The average molecular weight is 488 g/mol. The molecule has 1 unspecified atom stereocenters. The van der Waals surface area contributed by atoms with Gasteiger partial charge in [0.05, 0.1) is 22.4 Å². The third kappa shape index (κ3) is 4.50. The molecule has 1 aromatic carbocycles. The van der Waals surface area contributed by atoms with E-state index >= 15 is 0 Å². The lowest BCUT2D eigenvalue weighted by molar-refractivity contribution is -0.130. The highest BCUT2D eigenvalue weighted by atomic mass is 32.2. The maximum Gasteiger partial charge on any atom is 0.253 e. The maximum absolute atomic E-state index is 13.4. The summed E-state index contributed by atoms with van der Waals surface area (Å²) in [7, 11) is 0. The van der Waals surface area contributed by atoms with Gasteiger partial charge in [0.25, 0.3) is 5.91 Å². The summed E-state index contributed by atoms with van der Waals surface area (Å²) >= 11 is 4.21. The van der Waals surface area contributed by atoms with Crippen LogP contribution in [0.25, 0.3) is 0 Å². The lowest BCUT2D eigenvalue weighted by Gasteiger charge is -2.21. The fourth-order valence-corrected chi connectivity index (χ4v) is 6.16. The Morgan fingerprint density at radius 3 is 2.84 bits per heavy atom.